The molecule has 0 saturated heterocycles. The highest BCUT2D eigenvalue weighted by molar-refractivity contribution is 6.32. The number of rotatable bonds is 4. The van der Waals surface area contributed by atoms with E-state index in [-0.39, 0.29) is 5.82 Å². The Morgan fingerprint density at radius 1 is 0.926 bits per heavy atom. The topological polar surface area (TPSA) is 37.8 Å². The predicted octanol–water partition coefficient (Wildman–Crippen LogP) is 6.35. The highest BCUT2D eigenvalue weighted by atomic mass is 35.5. The average molecular weight is 382 g/mol. The summed E-state index contributed by atoms with van der Waals surface area (Å²) in [6.45, 7) is 0. The lowest BCUT2D eigenvalue weighted by Crippen LogP contribution is -2.23. The van der Waals surface area contributed by atoms with Gasteiger partial charge in [-0.1, -0.05) is 61.2 Å². The molecule has 0 aliphatic heterocycles. The number of aromatic nitrogens is 2. The van der Waals surface area contributed by atoms with Crippen LogP contribution < -0.4 is 5.32 Å². The second kappa shape index (κ2) is 8.05. The van der Waals surface area contributed by atoms with Gasteiger partial charge in [0.05, 0.1) is 16.9 Å². The first-order valence-corrected chi connectivity index (χ1v) is 9.72. The summed E-state index contributed by atoms with van der Waals surface area (Å²) in [6, 6.07) is 14.8. The van der Waals surface area contributed by atoms with Crippen LogP contribution in [0.3, 0.4) is 0 Å². The quantitative estimate of drug-likeness (QED) is 0.572. The first-order chi connectivity index (χ1) is 13.2. The van der Waals surface area contributed by atoms with Gasteiger partial charge in [-0.15, -0.1) is 0 Å². The summed E-state index contributed by atoms with van der Waals surface area (Å²) >= 11 is 6.39. The number of anilines is 1. The van der Waals surface area contributed by atoms with Crippen molar-refractivity contribution in [3.05, 3.63) is 65.6 Å². The maximum absolute atomic E-state index is 13.2. The standard InChI is InChI=1S/C22H21ClFN3/c23-20-14-25-22(26-19-7-2-1-3-8-19)27-21(20)17-6-4-5-16(13-17)15-9-11-18(24)12-10-15/h4-6,9-14,19H,1-3,7-8H2,(H,25,26,27). The molecule has 2 aromatic carbocycles. The fraction of sp³-hybridized carbons (Fsp3) is 0.273. The Kier molecular flexibility index (Phi) is 5.35. The monoisotopic (exact) mass is 381 g/mol. The molecule has 1 fully saturated rings. The Morgan fingerprint density at radius 3 is 2.44 bits per heavy atom. The zero-order valence-electron chi connectivity index (χ0n) is 15.0. The van der Waals surface area contributed by atoms with Crippen molar-refractivity contribution in [1.82, 2.24) is 9.97 Å². The lowest BCUT2D eigenvalue weighted by Gasteiger charge is -2.22. The molecule has 27 heavy (non-hydrogen) atoms. The molecule has 3 aromatic rings. The molecule has 3 nitrogen and oxygen atoms in total. The second-order valence-electron chi connectivity index (χ2n) is 6.96. The van der Waals surface area contributed by atoms with E-state index in [9.17, 15) is 4.39 Å². The molecule has 1 saturated carbocycles. The average Bonchev–Trinajstić information content (AvgIpc) is 2.71. The lowest BCUT2D eigenvalue weighted by atomic mass is 9.96. The number of benzene rings is 2. The van der Waals surface area contributed by atoms with Gasteiger partial charge in [-0.2, -0.15) is 0 Å². The normalized spacial score (nSPS) is 14.9. The van der Waals surface area contributed by atoms with Gasteiger partial charge in [0.2, 0.25) is 5.95 Å². The zero-order valence-corrected chi connectivity index (χ0v) is 15.7. The van der Waals surface area contributed by atoms with Crippen molar-refractivity contribution in [2.75, 3.05) is 5.32 Å². The van der Waals surface area contributed by atoms with Gasteiger partial charge in [0, 0.05) is 11.6 Å². The van der Waals surface area contributed by atoms with Crippen molar-refractivity contribution < 1.29 is 4.39 Å². The first-order valence-electron chi connectivity index (χ1n) is 9.34. The maximum Gasteiger partial charge on any atom is 0.223 e. The largest absolute Gasteiger partial charge is 0.351 e. The van der Waals surface area contributed by atoms with Crippen molar-refractivity contribution in [2.45, 2.75) is 38.1 Å². The van der Waals surface area contributed by atoms with Crippen LogP contribution in [0.1, 0.15) is 32.1 Å². The van der Waals surface area contributed by atoms with Gasteiger partial charge in [-0.05, 0) is 42.2 Å². The molecule has 1 aliphatic rings. The van der Waals surface area contributed by atoms with Crippen LogP contribution in [-0.4, -0.2) is 16.0 Å². The van der Waals surface area contributed by atoms with Crippen LogP contribution in [0.15, 0.2) is 54.7 Å². The summed E-state index contributed by atoms with van der Waals surface area (Å²) in [5, 5.41) is 3.96. The molecule has 0 atom stereocenters. The fourth-order valence-electron chi connectivity index (χ4n) is 3.56. The van der Waals surface area contributed by atoms with Crippen LogP contribution in [-0.2, 0) is 0 Å². The molecule has 0 spiro atoms. The third-order valence-corrected chi connectivity index (χ3v) is 5.27. The van der Waals surface area contributed by atoms with E-state index in [4.69, 9.17) is 11.6 Å². The van der Waals surface area contributed by atoms with E-state index in [2.05, 4.69) is 15.3 Å². The molecule has 5 heteroatoms. The van der Waals surface area contributed by atoms with Gasteiger partial charge in [0.25, 0.3) is 0 Å². The Labute approximate surface area is 163 Å². The van der Waals surface area contributed by atoms with Crippen LogP contribution >= 0.6 is 11.6 Å². The SMILES string of the molecule is Fc1ccc(-c2cccc(-c3nc(NC4CCCCC4)ncc3Cl)c2)cc1. The Morgan fingerprint density at radius 2 is 1.67 bits per heavy atom. The van der Waals surface area contributed by atoms with Crippen LogP contribution in [0.4, 0.5) is 10.3 Å². The first kappa shape index (κ1) is 17.9. The number of nitrogens with zero attached hydrogens (tertiary/aromatic N) is 2. The smallest absolute Gasteiger partial charge is 0.223 e. The Bertz CT molecular complexity index is 921. The molecule has 1 aliphatic carbocycles. The lowest BCUT2D eigenvalue weighted by molar-refractivity contribution is 0.461. The third kappa shape index (κ3) is 4.28. The Balaban J connectivity index is 1.63. The van der Waals surface area contributed by atoms with Gasteiger partial charge in [-0.25, -0.2) is 14.4 Å². The summed E-state index contributed by atoms with van der Waals surface area (Å²) in [6.07, 6.45) is 7.76. The predicted molar refractivity (Wildman–Crippen MR) is 108 cm³/mol. The minimum absolute atomic E-state index is 0.243. The van der Waals surface area contributed by atoms with Gasteiger partial charge in [0.15, 0.2) is 0 Å². The number of halogens is 2. The van der Waals surface area contributed by atoms with Crippen molar-refractivity contribution in [3.8, 4) is 22.4 Å². The zero-order chi connectivity index (χ0) is 18.6. The highest BCUT2D eigenvalue weighted by Gasteiger charge is 2.15. The third-order valence-electron chi connectivity index (χ3n) is 5.00. The van der Waals surface area contributed by atoms with Crippen molar-refractivity contribution >= 4 is 17.5 Å². The summed E-state index contributed by atoms with van der Waals surface area (Å²) in [5.41, 5.74) is 3.55. The van der Waals surface area contributed by atoms with Crippen LogP contribution in [0, 0.1) is 5.82 Å². The molecule has 0 unspecified atom stereocenters. The molecular formula is C22H21ClFN3. The van der Waals surface area contributed by atoms with Crippen LogP contribution in [0.2, 0.25) is 5.02 Å². The Hall–Kier alpha value is -2.46. The van der Waals surface area contributed by atoms with E-state index < -0.39 is 0 Å². The maximum atomic E-state index is 13.2. The van der Waals surface area contributed by atoms with Gasteiger partial charge < -0.3 is 5.32 Å². The van der Waals surface area contributed by atoms with E-state index in [0.717, 1.165) is 29.5 Å². The summed E-state index contributed by atoms with van der Waals surface area (Å²) in [7, 11) is 0. The van der Waals surface area contributed by atoms with E-state index in [0.29, 0.717) is 22.7 Å². The second-order valence-corrected chi connectivity index (χ2v) is 7.36. The molecule has 0 radical (unpaired) electrons. The van der Waals surface area contributed by atoms with Gasteiger partial charge >= 0.3 is 0 Å². The molecule has 1 N–H and O–H groups in total. The fourth-order valence-corrected chi connectivity index (χ4v) is 3.76. The highest BCUT2D eigenvalue weighted by Crippen LogP contribution is 2.30. The van der Waals surface area contributed by atoms with Crippen molar-refractivity contribution in [3.63, 3.8) is 0 Å². The van der Waals surface area contributed by atoms with Crippen molar-refractivity contribution in [2.24, 2.45) is 0 Å². The van der Waals surface area contributed by atoms with Crippen LogP contribution in [0.25, 0.3) is 22.4 Å². The molecule has 1 heterocycles. The number of nitrogens with one attached hydrogen (secondary N) is 1. The minimum Gasteiger partial charge on any atom is -0.351 e. The summed E-state index contributed by atoms with van der Waals surface area (Å²) in [5.74, 6) is 0.376. The number of hydrogen-bond donors (Lipinski definition) is 1. The van der Waals surface area contributed by atoms with Crippen molar-refractivity contribution in [1.29, 1.82) is 0 Å². The summed E-state index contributed by atoms with van der Waals surface area (Å²) < 4.78 is 13.2. The molecule has 4 rings (SSSR count). The van der Waals surface area contributed by atoms with E-state index >= 15 is 0 Å². The molecule has 0 bridgehead atoms. The van der Waals surface area contributed by atoms with Gasteiger partial charge in [0.1, 0.15) is 5.82 Å². The van der Waals surface area contributed by atoms with E-state index in [1.807, 2.05) is 24.3 Å². The van der Waals surface area contributed by atoms with Gasteiger partial charge in [-0.3, -0.25) is 0 Å². The molecular weight excluding hydrogens is 361 g/mol. The molecule has 138 valence electrons. The van der Waals surface area contributed by atoms with Crippen LogP contribution in [0.5, 0.6) is 0 Å². The number of hydrogen-bond acceptors (Lipinski definition) is 3. The van der Waals surface area contributed by atoms with E-state index in [1.165, 1.54) is 31.4 Å². The minimum atomic E-state index is -0.243. The molecule has 0 amide bonds. The van der Waals surface area contributed by atoms with E-state index in [1.54, 1.807) is 18.3 Å². The molecule has 1 aromatic heterocycles. The summed E-state index contributed by atoms with van der Waals surface area (Å²) in [4.78, 5) is 9.02.